The van der Waals surface area contributed by atoms with Crippen LogP contribution in [0.5, 0.6) is 0 Å². The maximum absolute atomic E-state index is 5.61. The van der Waals surface area contributed by atoms with E-state index in [1.54, 1.807) is 0 Å². The fraction of sp³-hybridized carbons (Fsp3) is 1.00. The molecular weight excluding hydrogens is 202 g/mol. The monoisotopic (exact) mass is 231 g/mol. The third-order valence-corrected chi connectivity index (χ3v) is 2.32. The highest BCUT2D eigenvalue weighted by Gasteiger charge is 2.06. The van der Waals surface area contributed by atoms with Crippen LogP contribution in [0.25, 0.3) is 0 Å². The molecule has 0 aliphatic carbocycles. The van der Waals surface area contributed by atoms with Crippen LogP contribution in [-0.2, 0) is 9.47 Å². The Morgan fingerprint density at radius 3 is 2.38 bits per heavy atom. The highest BCUT2D eigenvalue weighted by Crippen LogP contribution is 1.98. The van der Waals surface area contributed by atoms with Gasteiger partial charge in [-0.15, -0.1) is 0 Å². The van der Waals surface area contributed by atoms with Gasteiger partial charge in [0.2, 0.25) is 0 Å². The molecule has 0 saturated heterocycles. The highest BCUT2D eigenvalue weighted by molar-refractivity contribution is 4.64. The van der Waals surface area contributed by atoms with Crippen LogP contribution in [0.3, 0.4) is 0 Å². The van der Waals surface area contributed by atoms with Crippen molar-refractivity contribution in [2.24, 2.45) is 0 Å². The van der Waals surface area contributed by atoms with Crippen LogP contribution < -0.4 is 5.32 Å². The maximum atomic E-state index is 5.61. The van der Waals surface area contributed by atoms with E-state index in [-0.39, 0.29) is 0 Å². The van der Waals surface area contributed by atoms with Gasteiger partial charge in [0.25, 0.3) is 0 Å². The van der Waals surface area contributed by atoms with Gasteiger partial charge in [-0.05, 0) is 33.2 Å². The summed E-state index contributed by atoms with van der Waals surface area (Å²) in [7, 11) is 0. The molecule has 0 aromatic heterocycles. The zero-order valence-electron chi connectivity index (χ0n) is 11.4. The van der Waals surface area contributed by atoms with Gasteiger partial charge in [0.05, 0.1) is 25.9 Å². The van der Waals surface area contributed by atoms with Crippen molar-refractivity contribution in [2.75, 3.05) is 26.4 Å². The topological polar surface area (TPSA) is 30.5 Å². The fourth-order valence-electron chi connectivity index (χ4n) is 1.51. The summed E-state index contributed by atoms with van der Waals surface area (Å²) < 4.78 is 11.0. The molecular formula is C13H29NO2. The number of hydrogen-bond donors (Lipinski definition) is 1. The molecule has 0 aromatic carbocycles. The first-order chi connectivity index (χ1) is 7.70. The van der Waals surface area contributed by atoms with E-state index in [0.717, 1.165) is 13.2 Å². The Labute approximate surface area is 101 Å². The summed E-state index contributed by atoms with van der Waals surface area (Å²) in [6, 6.07) is 0.504. The summed E-state index contributed by atoms with van der Waals surface area (Å²) in [4.78, 5) is 0. The van der Waals surface area contributed by atoms with Crippen molar-refractivity contribution in [3.05, 3.63) is 0 Å². The Balaban J connectivity index is 3.43. The zero-order valence-corrected chi connectivity index (χ0v) is 11.4. The molecule has 0 aliphatic rings. The predicted molar refractivity (Wildman–Crippen MR) is 68.9 cm³/mol. The molecule has 1 N–H and O–H groups in total. The average molecular weight is 231 g/mol. The van der Waals surface area contributed by atoms with Crippen LogP contribution in [-0.4, -0.2) is 38.5 Å². The lowest BCUT2D eigenvalue weighted by Gasteiger charge is -2.18. The lowest BCUT2D eigenvalue weighted by Crippen LogP contribution is -2.34. The molecule has 1 atom stereocenters. The summed E-state index contributed by atoms with van der Waals surface area (Å²) in [5, 5.41) is 3.50. The summed E-state index contributed by atoms with van der Waals surface area (Å²) in [5.41, 5.74) is 0. The molecule has 0 aliphatic heterocycles. The third kappa shape index (κ3) is 10.4. The van der Waals surface area contributed by atoms with Crippen LogP contribution in [0, 0.1) is 0 Å². The second-order valence-corrected chi connectivity index (χ2v) is 4.43. The first kappa shape index (κ1) is 15.9. The number of nitrogens with one attached hydrogen (secondary N) is 1. The molecule has 0 bridgehead atoms. The normalized spacial score (nSPS) is 13.3. The van der Waals surface area contributed by atoms with E-state index in [9.17, 15) is 0 Å². The van der Waals surface area contributed by atoms with Crippen molar-refractivity contribution in [3.63, 3.8) is 0 Å². The molecule has 0 spiro atoms. The first-order valence-corrected chi connectivity index (χ1v) is 6.63. The van der Waals surface area contributed by atoms with Crippen LogP contribution in [0.2, 0.25) is 0 Å². The number of ether oxygens (including phenoxy) is 2. The van der Waals surface area contributed by atoms with Crippen molar-refractivity contribution < 1.29 is 9.47 Å². The molecule has 3 heteroatoms. The molecule has 0 rings (SSSR count). The Bertz CT molecular complexity index is 140. The first-order valence-electron chi connectivity index (χ1n) is 6.63. The molecule has 0 fully saturated rings. The lowest BCUT2D eigenvalue weighted by molar-refractivity contribution is 0.0133. The van der Waals surface area contributed by atoms with Crippen LogP contribution >= 0.6 is 0 Å². The minimum Gasteiger partial charge on any atom is -0.377 e. The zero-order chi connectivity index (χ0) is 12.2. The van der Waals surface area contributed by atoms with Crippen molar-refractivity contribution in [1.29, 1.82) is 0 Å². The minimum absolute atomic E-state index is 0.299. The van der Waals surface area contributed by atoms with Crippen LogP contribution in [0.4, 0.5) is 0 Å². The average Bonchev–Trinajstić information content (AvgIpc) is 2.24. The molecule has 0 saturated carbocycles. The Hall–Kier alpha value is -0.120. The van der Waals surface area contributed by atoms with Crippen molar-refractivity contribution in [3.8, 4) is 0 Å². The van der Waals surface area contributed by atoms with E-state index >= 15 is 0 Å². The second kappa shape index (κ2) is 11.4. The van der Waals surface area contributed by atoms with Gasteiger partial charge >= 0.3 is 0 Å². The van der Waals surface area contributed by atoms with Gasteiger partial charge in [0.1, 0.15) is 0 Å². The van der Waals surface area contributed by atoms with Gasteiger partial charge in [0, 0.05) is 6.04 Å². The molecule has 1 unspecified atom stereocenters. The van der Waals surface area contributed by atoms with Crippen molar-refractivity contribution in [2.45, 2.75) is 59.1 Å². The van der Waals surface area contributed by atoms with Gasteiger partial charge in [-0.2, -0.15) is 0 Å². The van der Waals surface area contributed by atoms with Gasteiger partial charge in [-0.25, -0.2) is 0 Å². The summed E-state index contributed by atoms with van der Waals surface area (Å²) in [5.74, 6) is 0. The van der Waals surface area contributed by atoms with E-state index < -0.39 is 0 Å². The number of hydrogen-bond acceptors (Lipinski definition) is 3. The third-order valence-electron chi connectivity index (χ3n) is 2.32. The van der Waals surface area contributed by atoms with E-state index in [1.165, 1.54) is 19.3 Å². The van der Waals surface area contributed by atoms with Gasteiger partial charge in [-0.3, -0.25) is 0 Å². The minimum atomic E-state index is 0.299. The van der Waals surface area contributed by atoms with Crippen molar-refractivity contribution >= 4 is 0 Å². The van der Waals surface area contributed by atoms with E-state index in [1.807, 2.05) is 13.8 Å². The van der Waals surface area contributed by atoms with Gasteiger partial charge in [0.15, 0.2) is 0 Å². The lowest BCUT2D eigenvalue weighted by atomic mass is 10.2. The van der Waals surface area contributed by atoms with Crippen molar-refractivity contribution in [1.82, 2.24) is 5.32 Å². The largest absolute Gasteiger partial charge is 0.377 e. The maximum Gasteiger partial charge on any atom is 0.0703 e. The predicted octanol–water partition coefficient (Wildman–Crippen LogP) is 2.60. The molecule has 0 aromatic rings. The second-order valence-electron chi connectivity index (χ2n) is 4.43. The Morgan fingerprint density at radius 2 is 1.81 bits per heavy atom. The van der Waals surface area contributed by atoms with Gasteiger partial charge in [-0.1, -0.05) is 20.3 Å². The van der Waals surface area contributed by atoms with E-state index in [0.29, 0.717) is 25.4 Å². The Kier molecular flexibility index (Phi) is 11.3. The fourth-order valence-corrected chi connectivity index (χ4v) is 1.51. The van der Waals surface area contributed by atoms with Crippen LogP contribution in [0.15, 0.2) is 0 Å². The molecule has 0 amide bonds. The standard InChI is InChI=1S/C13H29NO2/c1-5-7-13(14-8-6-2)11-15-9-10-16-12(3)4/h12-14H,5-11H2,1-4H3. The van der Waals surface area contributed by atoms with E-state index in [2.05, 4.69) is 19.2 Å². The summed E-state index contributed by atoms with van der Waals surface area (Å²) >= 11 is 0. The molecule has 16 heavy (non-hydrogen) atoms. The van der Waals surface area contributed by atoms with Crippen LogP contribution in [0.1, 0.15) is 47.0 Å². The summed E-state index contributed by atoms with van der Waals surface area (Å²) in [6.07, 6.45) is 3.86. The summed E-state index contributed by atoms with van der Waals surface area (Å²) in [6.45, 7) is 11.8. The molecule has 3 nitrogen and oxygen atoms in total. The molecule has 0 radical (unpaired) electrons. The molecule has 0 heterocycles. The highest BCUT2D eigenvalue weighted by atomic mass is 16.5. The smallest absolute Gasteiger partial charge is 0.0703 e. The molecule has 98 valence electrons. The van der Waals surface area contributed by atoms with Gasteiger partial charge < -0.3 is 14.8 Å². The SMILES string of the molecule is CCCNC(CCC)COCCOC(C)C. The number of rotatable bonds is 11. The quantitative estimate of drug-likeness (QED) is 0.554. The Morgan fingerprint density at radius 1 is 1.06 bits per heavy atom. The van der Waals surface area contributed by atoms with E-state index in [4.69, 9.17) is 9.47 Å².